The molecular weight excluding hydrogens is 349 g/mol. The van der Waals surface area contributed by atoms with Crippen molar-refractivity contribution < 1.29 is 42.8 Å². The van der Waals surface area contributed by atoms with Crippen LogP contribution in [0.1, 0.15) is 0 Å². The molecule has 102 valence electrons. The molecule has 1 aromatic heterocycles. The van der Waals surface area contributed by atoms with Crippen molar-refractivity contribution >= 4 is 6.03 Å². The van der Waals surface area contributed by atoms with Gasteiger partial charge in [0.05, 0.1) is 20.1 Å². The Hall–Kier alpha value is -0.670. The van der Waals surface area contributed by atoms with Crippen molar-refractivity contribution in [3.8, 4) is 0 Å². The molecule has 7 heteroatoms. The van der Waals surface area contributed by atoms with Gasteiger partial charge in [0.25, 0.3) is 6.33 Å². The lowest BCUT2D eigenvalue weighted by Crippen LogP contribution is -3.00. The van der Waals surface area contributed by atoms with E-state index in [0.29, 0.717) is 13.1 Å². The van der Waals surface area contributed by atoms with E-state index in [9.17, 15) is 4.79 Å². The van der Waals surface area contributed by atoms with Gasteiger partial charge in [0.1, 0.15) is 24.6 Å². The molecule has 6 nitrogen and oxygen atoms in total. The highest BCUT2D eigenvalue weighted by Gasteiger charge is 2.37. The molecule has 1 amide bonds. The molecule has 0 aromatic carbocycles. The molecule has 2 heterocycles. The lowest BCUT2D eigenvalue weighted by Gasteiger charge is -2.13. The van der Waals surface area contributed by atoms with Gasteiger partial charge >= 0.3 is 6.03 Å². The molecule has 2 unspecified atom stereocenters. The predicted molar refractivity (Wildman–Crippen MR) is 59.6 cm³/mol. The topological polar surface area (TPSA) is 47.6 Å². The third-order valence-electron chi connectivity index (χ3n) is 3.08. The fraction of sp³-hybridized carbons (Fsp3) is 0.636. The van der Waals surface area contributed by atoms with Crippen LogP contribution in [0.15, 0.2) is 18.7 Å². The molecule has 1 aliphatic heterocycles. The SMILES string of the molecule is COC1CN(C(=O)n2cc[n+](C)c2)CC1OC.[I-]. The van der Waals surface area contributed by atoms with Crippen LogP contribution in [-0.4, -0.2) is 55.0 Å². The van der Waals surface area contributed by atoms with E-state index in [1.54, 1.807) is 36.2 Å². The zero-order valence-corrected chi connectivity index (χ0v) is 12.9. The number of halogens is 1. The maximum atomic E-state index is 12.1. The van der Waals surface area contributed by atoms with Crippen molar-refractivity contribution in [1.29, 1.82) is 0 Å². The Morgan fingerprint density at radius 1 is 1.28 bits per heavy atom. The van der Waals surface area contributed by atoms with Crippen LogP contribution in [0.2, 0.25) is 0 Å². The normalized spacial score (nSPS) is 22.9. The van der Waals surface area contributed by atoms with Gasteiger partial charge in [-0.25, -0.2) is 9.36 Å². The highest BCUT2D eigenvalue weighted by atomic mass is 127. The van der Waals surface area contributed by atoms with Gasteiger partial charge < -0.3 is 33.5 Å². The number of carbonyl (C=O) groups excluding carboxylic acids is 1. The number of rotatable bonds is 2. The van der Waals surface area contributed by atoms with Gasteiger partial charge in [-0.05, 0) is 0 Å². The van der Waals surface area contributed by atoms with Gasteiger partial charge in [0, 0.05) is 14.2 Å². The summed E-state index contributed by atoms with van der Waals surface area (Å²) in [4.78, 5) is 13.9. The van der Waals surface area contributed by atoms with Crippen LogP contribution in [0.4, 0.5) is 4.79 Å². The molecule has 0 bridgehead atoms. The molecule has 0 saturated carbocycles. The van der Waals surface area contributed by atoms with Gasteiger partial charge in [-0.3, -0.25) is 4.90 Å². The molecule has 2 atom stereocenters. The van der Waals surface area contributed by atoms with Crippen LogP contribution in [0, 0.1) is 0 Å². The van der Waals surface area contributed by atoms with Crippen molar-refractivity contribution in [2.45, 2.75) is 12.2 Å². The molecular formula is C11H18IN3O3. The van der Waals surface area contributed by atoms with E-state index in [0.717, 1.165) is 0 Å². The monoisotopic (exact) mass is 367 g/mol. The Morgan fingerprint density at radius 2 is 1.83 bits per heavy atom. The Balaban J connectivity index is 0.00000162. The molecule has 1 aromatic rings. The third kappa shape index (κ3) is 3.01. The van der Waals surface area contributed by atoms with Crippen molar-refractivity contribution in [3.63, 3.8) is 0 Å². The summed E-state index contributed by atoms with van der Waals surface area (Å²) < 4.78 is 14.0. The van der Waals surface area contributed by atoms with E-state index in [1.165, 1.54) is 0 Å². The number of hydrogen-bond acceptors (Lipinski definition) is 3. The first-order valence-corrected chi connectivity index (χ1v) is 5.53. The second kappa shape index (κ2) is 6.48. The smallest absolute Gasteiger partial charge is 0.415 e. The van der Waals surface area contributed by atoms with Gasteiger partial charge in [0.15, 0.2) is 0 Å². The number of methoxy groups -OCH3 is 2. The Morgan fingerprint density at radius 3 is 2.22 bits per heavy atom. The van der Waals surface area contributed by atoms with E-state index in [2.05, 4.69) is 0 Å². The van der Waals surface area contributed by atoms with Crippen LogP contribution in [0.5, 0.6) is 0 Å². The number of aromatic nitrogens is 2. The summed E-state index contributed by atoms with van der Waals surface area (Å²) in [7, 11) is 5.16. The number of nitrogens with zero attached hydrogens (tertiary/aromatic N) is 3. The van der Waals surface area contributed by atoms with Gasteiger partial charge in [-0.2, -0.15) is 4.57 Å². The van der Waals surface area contributed by atoms with E-state index < -0.39 is 0 Å². The number of amides is 1. The minimum absolute atomic E-state index is 0. The maximum absolute atomic E-state index is 12.1. The van der Waals surface area contributed by atoms with Gasteiger partial charge in [-0.15, -0.1) is 0 Å². The maximum Gasteiger partial charge on any atom is 0.415 e. The summed E-state index contributed by atoms with van der Waals surface area (Å²) in [6, 6.07) is -0.0489. The zero-order valence-electron chi connectivity index (χ0n) is 10.7. The molecule has 0 aliphatic carbocycles. The number of ether oxygens (including phenoxy) is 2. The number of hydrogen-bond donors (Lipinski definition) is 0. The summed E-state index contributed by atoms with van der Waals surface area (Å²) in [6.07, 6.45) is 5.21. The van der Waals surface area contributed by atoms with Crippen LogP contribution >= 0.6 is 0 Å². The van der Waals surface area contributed by atoms with Crippen molar-refractivity contribution in [3.05, 3.63) is 18.7 Å². The Kier molecular flexibility index (Phi) is 5.54. The predicted octanol–water partition coefficient (Wildman–Crippen LogP) is -3.37. The average molecular weight is 367 g/mol. The highest BCUT2D eigenvalue weighted by molar-refractivity contribution is 5.76. The van der Waals surface area contributed by atoms with Crippen LogP contribution in [0.3, 0.4) is 0 Å². The molecule has 0 radical (unpaired) electrons. The molecule has 2 rings (SSSR count). The lowest BCUT2D eigenvalue weighted by molar-refractivity contribution is -0.670. The van der Waals surface area contributed by atoms with Crippen LogP contribution < -0.4 is 28.5 Å². The molecule has 18 heavy (non-hydrogen) atoms. The van der Waals surface area contributed by atoms with E-state index in [1.807, 2.05) is 17.8 Å². The summed E-state index contributed by atoms with van der Waals surface area (Å²) in [5.74, 6) is 0. The number of likely N-dealkylation sites (tertiary alicyclic amines) is 1. The fourth-order valence-corrected chi connectivity index (χ4v) is 2.08. The molecule has 1 aliphatic rings. The first kappa shape index (κ1) is 15.4. The van der Waals surface area contributed by atoms with E-state index in [4.69, 9.17) is 9.47 Å². The molecule has 0 spiro atoms. The van der Waals surface area contributed by atoms with E-state index in [-0.39, 0.29) is 42.2 Å². The zero-order chi connectivity index (χ0) is 12.4. The highest BCUT2D eigenvalue weighted by Crippen LogP contribution is 2.16. The van der Waals surface area contributed by atoms with Crippen molar-refractivity contribution in [1.82, 2.24) is 9.47 Å². The number of carbonyl (C=O) groups is 1. The van der Waals surface area contributed by atoms with E-state index >= 15 is 0 Å². The lowest BCUT2D eigenvalue weighted by atomic mass is 10.3. The average Bonchev–Trinajstić information content (AvgIpc) is 2.93. The van der Waals surface area contributed by atoms with Crippen LogP contribution in [0.25, 0.3) is 0 Å². The molecule has 1 saturated heterocycles. The largest absolute Gasteiger partial charge is 1.00 e. The van der Waals surface area contributed by atoms with Gasteiger partial charge in [0.2, 0.25) is 0 Å². The van der Waals surface area contributed by atoms with Crippen molar-refractivity contribution in [2.24, 2.45) is 7.05 Å². The van der Waals surface area contributed by atoms with Crippen LogP contribution in [-0.2, 0) is 16.5 Å². The molecule has 1 fully saturated rings. The van der Waals surface area contributed by atoms with Gasteiger partial charge in [-0.1, -0.05) is 0 Å². The van der Waals surface area contributed by atoms with Crippen molar-refractivity contribution in [2.75, 3.05) is 27.3 Å². The summed E-state index contributed by atoms with van der Waals surface area (Å²) >= 11 is 0. The molecule has 0 N–H and O–H groups in total. The summed E-state index contributed by atoms with van der Waals surface area (Å²) in [6.45, 7) is 1.13. The third-order valence-corrected chi connectivity index (χ3v) is 3.08. The first-order valence-electron chi connectivity index (χ1n) is 5.53. The number of aryl methyl sites for hydroxylation is 1. The minimum atomic E-state index is -0.0489. The minimum Gasteiger partial charge on any atom is -1.00 e. The Bertz CT molecular complexity index is 398. The first-order chi connectivity index (χ1) is 8.15. The second-order valence-electron chi connectivity index (χ2n) is 4.22. The quantitative estimate of drug-likeness (QED) is 0.405. The summed E-state index contributed by atoms with van der Waals surface area (Å²) in [5.41, 5.74) is 0. The number of imidazole rings is 1. The standard InChI is InChI=1S/C11H18N3O3.HI/c1-12-4-5-13(8-12)11(15)14-6-9(16-2)10(7-14)17-3;/h4-5,8-10H,6-7H2,1-3H3;1H/q+1;/p-1. The fourth-order valence-electron chi connectivity index (χ4n) is 2.08. The summed E-state index contributed by atoms with van der Waals surface area (Å²) in [5, 5.41) is 0. The Labute approximate surface area is 123 Å². The second-order valence-corrected chi connectivity index (χ2v) is 4.22.